The summed E-state index contributed by atoms with van der Waals surface area (Å²) in [6.45, 7) is 3.47. The maximum Gasteiger partial charge on any atom is 0.258 e. The monoisotopic (exact) mass is 456 g/mol. The zero-order valence-corrected chi connectivity index (χ0v) is 19.2. The molecule has 3 aromatic rings. The minimum Gasteiger partial charge on any atom is -0.486 e. The molecule has 4 rings (SSSR count). The Labute approximate surface area is 199 Å². The van der Waals surface area contributed by atoms with Gasteiger partial charge in [0.05, 0.1) is 0 Å². The van der Waals surface area contributed by atoms with E-state index >= 15 is 0 Å². The van der Waals surface area contributed by atoms with Gasteiger partial charge in [-0.05, 0) is 41.8 Å². The van der Waals surface area contributed by atoms with Gasteiger partial charge in [-0.3, -0.25) is 9.59 Å². The topological polar surface area (TPSA) is 67.9 Å². The average molecular weight is 457 g/mol. The van der Waals surface area contributed by atoms with Crippen LogP contribution in [0.3, 0.4) is 0 Å². The van der Waals surface area contributed by atoms with Crippen LogP contribution in [-0.2, 0) is 11.2 Å². The molecule has 0 saturated carbocycles. The zero-order chi connectivity index (χ0) is 23.8. The lowest BCUT2D eigenvalue weighted by Gasteiger charge is -2.25. The predicted octanol–water partition coefficient (Wildman–Crippen LogP) is 4.50. The minimum atomic E-state index is -0.109. The number of hydrogen-bond donors (Lipinski definition) is 1. The van der Waals surface area contributed by atoms with Gasteiger partial charge in [0.15, 0.2) is 11.5 Å². The largest absolute Gasteiger partial charge is 0.486 e. The number of carbonyl (C=O) groups is 2. The fraction of sp³-hybridized carbons (Fsp3) is 0.214. The number of ether oxygens (including phenoxy) is 2. The van der Waals surface area contributed by atoms with E-state index in [9.17, 15) is 9.59 Å². The average Bonchev–Trinajstić information content (AvgIpc) is 2.87. The van der Waals surface area contributed by atoms with Gasteiger partial charge in [-0.1, -0.05) is 54.6 Å². The summed E-state index contributed by atoms with van der Waals surface area (Å²) in [5, 5.41) is 2.79. The summed E-state index contributed by atoms with van der Waals surface area (Å²) in [4.78, 5) is 26.3. The van der Waals surface area contributed by atoms with Gasteiger partial charge in [-0.15, -0.1) is 0 Å². The standard InChI is InChI=1S/C28H28N2O4/c1-21(31)29-16-15-23-9-11-24(12-10-23)28(32)30(17-5-8-22-6-3-2-4-7-22)25-13-14-26-27(20-25)34-19-18-33-26/h2-14,20H,15-19H2,1H3,(H,29,31)/b8-5+. The Morgan fingerprint density at radius 1 is 0.941 bits per heavy atom. The number of fused-ring (bicyclic) bond motifs is 1. The van der Waals surface area contributed by atoms with Gasteiger partial charge >= 0.3 is 0 Å². The first-order valence-corrected chi connectivity index (χ1v) is 11.4. The van der Waals surface area contributed by atoms with E-state index in [1.165, 1.54) is 6.92 Å². The van der Waals surface area contributed by atoms with Crippen LogP contribution in [0.15, 0.2) is 78.9 Å². The highest BCUT2D eigenvalue weighted by Crippen LogP contribution is 2.34. The lowest BCUT2D eigenvalue weighted by Crippen LogP contribution is -2.31. The van der Waals surface area contributed by atoms with E-state index in [1.54, 1.807) is 4.90 Å². The lowest BCUT2D eigenvalue weighted by molar-refractivity contribution is -0.118. The molecule has 0 atom stereocenters. The van der Waals surface area contributed by atoms with Crippen molar-refractivity contribution in [1.82, 2.24) is 5.32 Å². The van der Waals surface area contributed by atoms with Crippen molar-refractivity contribution in [3.63, 3.8) is 0 Å². The summed E-state index contributed by atoms with van der Waals surface area (Å²) >= 11 is 0. The fourth-order valence-electron chi connectivity index (χ4n) is 3.72. The molecule has 34 heavy (non-hydrogen) atoms. The third kappa shape index (κ3) is 6.04. The molecule has 1 aliphatic heterocycles. The first-order chi connectivity index (χ1) is 16.6. The Kier molecular flexibility index (Phi) is 7.60. The van der Waals surface area contributed by atoms with E-state index in [1.807, 2.05) is 84.9 Å². The van der Waals surface area contributed by atoms with Crippen molar-refractivity contribution >= 4 is 23.6 Å². The highest BCUT2D eigenvalue weighted by molar-refractivity contribution is 6.06. The minimum absolute atomic E-state index is 0.0505. The summed E-state index contributed by atoms with van der Waals surface area (Å²) in [6, 6.07) is 23.1. The number of nitrogens with zero attached hydrogens (tertiary/aromatic N) is 1. The number of benzene rings is 3. The number of anilines is 1. The third-order valence-corrected chi connectivity index (χ3v) is 5.47. The lowest BCUT2D eigenvalue weighted by atomic mass is 10.1. The summed E-state index contributed by atoms with van der Waals surface area (Å²) in [7, 11) is 0. The second-order valence-electron chi connectivity index (χ2n) is 7.99. The number of amides is 2. The van der Waals surface area contributed by atoms with Crippen LogP contribution in [0.4, 0.5) is 5.69 Å². The van der Waals surface area contributed by atoms with Crippen LogP contribution in [-0.4, -0.2) is 38.1 Å². The first kappa shape index (κ1) is 23.1. The SMILES string of the molecule is CC(=O)NCCc1ccc(C(=O)N(C/C=C/c2ccccc2)c2ccc3c(c2)OCCO3)cc1. The Balaban J connectivity index is 1.55. The van der Waals surface area contributed by atoms with E-state index in [-0.39, 0.29) is 11.8 Å². The molecule has 0 radical (unpaired) electrons. The summed E-state index contributed by atoms with van der Waals surface area (Å²) in [5.74, 6) is 1.17. The van der Waals surface area contributed by atoms with Crippen molar-refractivity contribution in [3.8, 4) is 11.5 Å². The van der Waals surface area contributed by atoms with E-state index < -0.39 is 0 Å². The number of hydrogen-bond acceptors (Lipinski definition) is 4. The molecular formula is C28H28N2O4. The molecule has 0 unspecified atom stereocenters. The van der Waals surface area contributed by atoms with Gasteiger partial charge in [0, 0.05) is 37.3 Å². The number of nitrogens with one attached hydrogen (secondary N) is 1. The summed E-state index contributed by atoms with van der Waals surface area (Å²) < 4.78 is 11.4. The molecule has 1 heterocycles. The second kappa shape index (κ2) is 11.2. The van der Waals surface area contributed by atoms with Crippen molar-refractivity contribution in [2.24, 2.45) is 0 Å². The normalized spacial score (nSPS) is 12.4. The van der Waals surface area contributed by atoms with Crippen LogP contribution in [0.2, 0.25) is 0 Å². The molecule has 174 valence electrons. The van der Waals surface area contributed by atoms with Crippen LogP contribution in [0.1, 0.15) is 28.4 Å². The van der Waals surface area contributed by atoms with Gasteiger partial charge in [0.2, 0.25) is 5.91 Å². The fourth-order valence-corrected chi connectivity index (χ4v) is 3.72. The Bertz CT molecular complexity index is 1160. The van der Waals surface area contributed by atoms with Crippen molar-refractivity contribution in [2.45, 2.75) is 13.3 Å². The third-order valence-electron chi connectivity index (χ3n) is 5.47. The Morgan fingerprint density at radius 2 is 1.68 bits per heavy atom. The molecule has 0 bridgehead atoms. The van der Waals surface area contributed by atoms with E-state index in [0.29, 0.717) is 49.8 Å². The van der Waals surface area contributed by atoms with Gasteiger partial charge in [0.25, 0.3) is 5.91 Å². The van der Waals surface area contributed by atoms with Crippen molar-refractivity contribution < 1.29 is 19.1 Å². The van der Waals surface area contributed by atoms with E-state index in [4.69, 9.17) is 9.47 Å². The van der Waals surface area contributed by atoms with Crippen molar-refractivity contribution in [2.75, 3.05) is 31.2 Å². The molecule has 1 N–H and O–H groups in total. The highest BCUT2D eigenvalue weighted by atomic mass is 16.6. The van der Waals surface area contributed by atoms with Crippen LogP contribution in [0.5, 0.6) is 11.5 Å². The molecule has 0 aliphatic carbocycles. The quantitative estimate of drug-likeness (QED) is 0.542. The molecule has 0 fully saturated rings. The van der Waals surface area contributed by atoms with Gasteiger partial charge < -0.3 is 19.7 Å². The molecule has 0 saturated heterocycles. The van der Waals surface area contributed by atoms with Crippen LogP contribution in [0.25, 0.3) is 6.08 Å². The molecule has 6 heteroatoms. The molecule has 6 nitrogen and oxygen atoms in total. The molecule has 1 aliphatic rings. The summed E-state index contributed by atoms with van der Waals surface area (Å²) in [6.07, 6.45) is 4.69. The molecule has 3 aromatic carbocycles. The van der Waals surface area contributed by atoms with Crippen LogP contribution < -0.4 is 19.7 Å². The summed E-state index contributed by atoms with van der Waals surface area (Å²) in [5.41, 5.74) is 3.45. The van der Waals surface area contributed by atoms with E-state index in [2.05, 4.69) is 5.32 Å². The van der Waals surface area contributed by atoms with E-state index in [0.717, 1.165) is 16.8 Å². The molecule has 0 spiro atoms. The maximum absolute atomic E-state index is 13.5. The highest BCUT2D eigenvalue weighted by Gasteiger charge is 2.20. The second-order valence-corrected chi connectivity index (χ2v) is 7.99. The first-order valence-electron chi connectivity index (χ1n) is 11.4. The van der Waals surface area contributed by atoms with Gasteiger partial charge in [0.1, 0.15) is 13.2 Å². The van der Waals surface area contributed by atoms with Gasteiger partial charge in [-0.2, -0.15) is 0 Å². The predicted molar refractivity (Wildman–Crippen MR) is 133 cm³/mol. The smallest absolute Gasteiger partial charge is 0.258 e. The molecule has 0 aromatic heterocycles. The molecule has 2 amide bonds. The van der Waals surface area contributed by atoms with Crippen molar-refractivity contribution in [3.05, 3.63) is 95.6 Å². The molecular weight excluding hydrogens is 428 g/mol. The van der Waals surface area contributed by atoms with Gasteiger partial charge in [-0.25, -0.2) is 0 Å². The number of rotatable bonds is 8. The Morgan fingerprint density at radius 3 is 2.41 bits per heavy atom. The number of carbonyl (C=O) groups excluding carboxylic acids is 2. The van der Waals surface area contributed by atoms with Crippen LogP contribution >= 0.6 is 0 Å². The van der Waals surface area contributed by atoms with Crippen LogP contribution in [0, 0.1) is 0 Å². The maximum atomic E-state index is 13.5. The zero-order valence-electron chi connectivity index (χ0n) is 19.2. The van der Waals surface area contributed by atoms with Crippen molar-refractivity contribution in [1.29, 1.82) is 0 Å². The Hall–Kier alpha value is -4.06.